The zero-order chi connectivity index (χ0) is 19.6. The summed E-state index contributed by atoms with van der Waals surface area (Å²) in [6.45, 7) is 0.553. The summed E-state index contributed by atoms with van der Waals surface area (Å²) < 4.78 is 4.58. The predicted molar refractivity (Wildman–Crippen MR) is 111 cm³/mol. The summed E-state index contributed by atoms with van der Waals surface area (Å²) in [4.78, 5) is 11.1. The quantitative estimate of drug-likeness (QED) is 0.410. The Morgan fingerprint density at radius 1 is 1.30 bits per heavy atom. The Labute approximate surface area is 169 Å². The first-order valence-electron chi connectivity index (χ1n) is 8.41. The van der Waals surface area contributed by atoms with E-state index in [0.717, 1.165) is 16.8 Å². The van der Waals surface area contributed by atoms with Crippen molar-refractivity contribution in [1.29, 1.82) is 5.26 Å². The lowest BCUT2D eigenvalue weighted by Gasteiger charge is -2.15. The van der Waals surface area contributed by atoms with Crippen LogP contribution in [0.15, 0.2) is 48.5 Å². The van der Waals surface area contributed by atoms with Crippen LogP contribution in [-0.4, -0.2) is 24.7 Å². The molecule has 0 aliphatic heterocycles. The summed E-state index contributed by atoms with van der Waals surface area (Å²) in [7, 11) is 1.37. The van der Waals surface area contributed by atoms with Gasteiger partial charge in [-0.3, -0.25) is 4.79 Å². The molecule has 5 nitrogen and oxygen atoms in total. The number of hydrogen-bond acceptors (Lipinski definition) is 4. The summed E-state index contributed by atoms with van der Waals surface area (Å²) >= 11 is 11.6. The smallest absolute Gasteiger partial charge is 0.305 e. The Morgan fingerprint density at radius 3 is 2.67 bits per heavy atom. The lowest BCUT2D eigenvalue weighted by atomic mass is 9.92. The fourth-order valence-electron chi connectivity index (χ4n) is 2.52. The van der Waals surface area contributed by atoms with E-state index in [9.17, 15) is 10.1 Å². The highest BCUT2D eigenvalue weighted by atomic mass is 35.5. The molecule has 2 aromatic rings. The number of nitrogens with zero attached hydrogens (tertiary/aromatic N) is 1. The van der Waals surface area contributed by atoms with Gasteiger partial charge in [0.25, 0.3) is 0 Å². The molecule has 0 saturated heterocycles. The molecule has 0 aromatic heterocycles. The molecule has 0 radical (unpaired) electrons. The molecule has 0 aliphatic carbocycles. The zero-order valence-electron chi connectivity index (χ0n) is 14.9. The summed E-state index contributed by atoms with van der Waals surface area (Å²) in [5.41, 5.74) is 2.36. The van der Waals surface area contributed by atoms with Crippen molar-refractivity contribution in [3.05, 3.63) is 64.7 Å². The molecule has 2 N–H and O–H groups in total. The van der Waals surface area contributed by atoms with Gasteiger partial charge in [-0.25, -0.2) is 0 Å². The van der Waals surface area contributed by atoms with Crippen LogP contribution in [0.25, 0.3) is 0 Å². The number of anilines is 1. The lowest BCUT2D eigenvalue weighted by Crippen LogP contribution is -2.29. The van der Waals surface area contributed by atoms with Crippen molar-refractivity contribution in [2.24, 2.45) is 0 Å². The van der Waals surface area contributed by atoms with E-state index in [-0.39, 0.29) is 5.97 Å². The van der Waals surface area contributed by atoms with Crippen LogP contribution < -0.4 is 10.6 Å². The van der Waals surface area contributed by atoms with E-state index < -0.39 is 5.92 Å². The van der Waals surface area contributed by atoms with E-state index in [0.29, 0.717) is 29.5 Å². The summed E-state index contributed by atoms with van der Waals surface area (Å²) in [5, 5.41) is 16.6. The van der Waals surface area contributed by atoms with Gasteiger partial charge < -0.3 is 15.4 Å². The largest absolute Gasteiger partial charge is 0.469 e. The van der Waals surface area contributed by atoms with E-state index in [1.165, 1.54) is 7.11 Å². The third-order valence-corrected chi connectivity index (χ3v) is 4.48. The molecule has 2 aromatic carbocycles. The molecule has 0 saturated carbocycles. The van der Waals surface area contributed by atoms with Crippen molar-refractivity contribution in [3.8, 4) is 6.07 Å². The molecular formula is C20H20ClN3O2S. The van der Waals surface area contributed by atoms with Gasteiger partial charge in [-0.1, -0.05) is 48.0 Å². The van der Waals surface area contributed by atoms with Crippen molar-refractivity contribution >= 4 is 40.6 Å². The number of benzene rings is 2. The molecular weight excluding hydrogens is 382 g/mol. The van der Waals surface area contributed by atoms with Crippen LogP contribution in [0.1, 0.15) is 29.9 Å². The normalized spacial score (nSPS) is 11.1. The lowest BCUT2D eigenvalue weighted by molar-refractivity contribution is -0.140. The molecule has 0 aliphatic rings. The van der Waals surface area contributed by atoms with Gasteiger partial charge in [0, 0.05) is 23.7 Å². The second-order valence-electron chi connectivity index (χ2n) is 5.77. The zero-order valence-corrected chi connectivity index (χ0v) is 16.4. The van der Waals surface area contributed by atoms with Crippen LogP contribution >= 0.6 is 23.8 Å². The van der Waals surface area contributed by atoms with E-state index >= 15 is 0 Å². The topological polar surface area (TPSA) is 74.2 Å². The molecule has 0 bridgehead atoms. The maximum absolute atomic E-state index is 11.1. The van der Waals surface area contributed by atoms with E-state index in [2.05, 4.69) is 21.4 Å². The fraction of sp³-hybridized carbons (Fsp3) is 0.250. The molecule has 7 heteroatoms. The third-order valence-electron chi connectivity index (χ3n) is 3.90. The summed E-state index contributed by atoms with van der Waals surface area (Å²) in [6.07, 6.45) is 0.955. The maximum atomic E-state index is 11.1. The van der Waals surface area contributed by atoms with E-state index in [1.54, 1.807) is 6.07 Å². The Morgan fingerprint density at radius 2 is 2.04 bits per heavy atom. The molecule has 2 rings (SSSR count). The van der Waals surface area contributed by atoms with Crippen LogP contribution in [0, 0.1) is 11.3 Å². The molecule has 27 heavy (non-hydrogen) atoms. The highest BCUT2D eigenvalue weighted by Gasteiger charge is 2.16. The SMILES string of the molecule is COC(=O)CCCNC(=S)Nc1ccc([C@H](C#N)c2ccccc2)c(Cl)c1. The minimum absolute atomic E-state index is 0.247. The number of rotatable bonds is 7. The van der Waals surface area contributed by atoms with Crippen LogP contribution in [0.3, 0.4) is 0 Å². The minimum Gasteiger partial charge on any atom is -0.469 e. The molecule has 0 spiro atoms. The number of hydrogen-bond donors (Lipinski definition) is 2. The van der Waals surface area contributed by atoms with Gasteiger partial charge in [0.15, 0.2) is 5.11 Å². The highest BCUT2D eigenvalue weighted by Crippen LogP contribution is 2.31. The fourth-order valence-corrected chi connectivity index (χ4v) is 3.03. The number of esters is 1. The van der Waals surface area contributed by atoms with Gasteiger partial charge >= 0.3 is 5.97 Å². The average Bonchev–Trinajstić information content (AvgIpc) is 2.68. The number of methoxy groups -OCH3 is 1. The van der Waals surface area contributed by atoms with E-state index in [4.69, 9.17) is 23.8 Å². The Kier molecular flexibility index (Phi) is 8.05. The van der Waals surface area contributed by atoms with Crippen LogP contribution in [0.5, 0.6) is 0 Å². The minimum atomic E-state index is -0.434. The van der Waals surface area contributed by atoms with Crippen LogP contribution in [0.4, 0.5) is 5.69 Å². The van der Waals surface area contributed by atoms with Gasteiger partial charge in [0.1, 0.15) is 0 Å². The van der Waals surface area contributed by atoms with Crippen molar-refractivity contribution in [2.75, 3.05) is 19.0 Å². The first kappa shape index (κ1) is 20.7. The number of halogens is 1. The highest BCUT2D eigenvalue weighted by molar-refractivity contribution is 7.80. The molecule has 0 fully saturated rings. The van der Waals surface area contributed by atoms with Gasteiger partial charge in [-0.05, 0) is 41.9 Å². The summed E-state index contributed by atoms with van der Waals surface area (Å²) in [5.74, 6) is -0.681. The van der Waals surface area contributed by atoms with Crippen molar-refractivity contribution in [3.63, 3.8) is 0 Å². The van der Waals surface area contributed by atoms with E-state index in [1.807, 2.05) is 42.5 Å². The van der Waals surface area contributed by atoms with Gasteiger partial charge in [0.2, 0.25) is 0 Å². The number of carbonyl (C=O) groups excluding carboxylic acids is 1. The first-order chi connectivity index (χ1) is 13.0. The van der Waals surface area contributed by atoms with Crippen molar-refractivity contribution < 1.29 is 9.53 Å². The number of thiocarbonyl (C=S) groups is 1. The first-order valence-corrected chi connectivity index (χ1v) is 9.19. The molecule has 0 amide bonds. The van der Waals surface area contributed by atoms with Gasteiger partial charge in [-0.15, -0.1) is 0 Å². The van der Waals surface area contributed by atoms with Crippen LogP contribution in [0.2, 0.25) is 5.02 Å². The molecule has 140 valence electrons. The number of ether oxygens (including phenoxy) is 1. The average molecular weight is 402 g/mol. The molecule has 0 heterocycles. The van der Waals surface area contributed by atoms with Gasteiger partial charge in [-0.2, -0.15) is 5.26 Å². The Hall–Kier alpha value is -2.62. The second-order valence-corrected chi connectivity index (χ2v) is 6.59. The Bertz CT molecular complexity index is 837. The predicted octanol–water partition coefficient (Wildman–Crippen LogP) is 4.24. The second kappa shape index (κ2) is 10.5. The number of nitriles is 1. The van der Waals surface area contributed by atoms with Crippen molar-refractivity contribution in [2.45, 2.75) is 18.8 Å². The van der Waals surface area contributed by atoms with Crippen molar-refractivity contribution in [1.82, 2.24) is 5.32 Å². The monoisotopic (exact) mass is 401 g/mol. The summed E-state index contributed by atoms with van der Waals surface area (Å²) in [6, 6.07) is 17.2. The third kappa shape index (κ3) is 6.24. The number of nitrogens with one attached hydrogen (secondary N) is 2. The molecule has 1 atom stereocenters. The molecule has 0 unspecified atom stereocenters. The standard InChI is InChI=1S/C20H20ClN3O2S/c1-26-19(25)8-5-11-23-20(27)24-15-9-10-16(18(21)12-15)17(13-22)14-6-3-2-4-7-14/h2-4,6-7,9-10,12,17H,5,8,11H2,1H3,(H2,23,24,27)/t17-/m1/s1. The number of carbonyl (C=O) groups is 1. The maximum Gasteiger partial charge on any atom is 0.305 e. The Balaban J connectivity index is 1.97. The van der Waals surface area contributed by atoms with Crippen LogP contribution in [-0.2, 0) is 9.53 Å². The van der Waals surface area contributed by atoms with Gasteiger partial charge in [0.05, 0.1) is 19.1 Å².